The normalized spacial score (nSPS) is 28.7. The van der Waals surface area contributed by atoms with Crippen molar-refractivity contribution in [2.24, 2.45) is 11.8 Å². The monoisotopic (exact) mass is 295 g/mol. The maximum Gasteiger partial charge on any atom is 0.248 e. The number of likely N-dealkylation sites (tertiary alicyclic amines) is 1. The van der Waals surface area contributed by atoms with Gasteiger partial charge in [0.25, 0.3) is 0 Å². The number of amides is 1. The van der Waals surface area contributed by atoms with E-state index in [9.17, 15) is 4.79 Å². The Hall–Kier alpha value is -1.47. The Morgan fingerprint density at radius 2 is 2.29 bits per heavy atom. The molecule has 1 amide bonds. The molecule has 7 heteroatoms. The molecule has 3 heterocycles. The molecule has 0 aliphatic carbocycles. The van der Waals surface area contributed by atoms with Gasteiger partial charge in [-0.15, -0.1) is 0 Å². The van der Waals surface area contributed by atoms with Crippen molar-refractivity contribution in [1.29, 1.82) is 0 Å². The van der Waals surface area contributed by atoms with Crippen LogP contribution in [-0.2, 0) is 14.3 Å². The third kappa shape index (κ3) is 2.94. The highest BCUT2D eigenvalue weighted by molar-refractivity contribution is 5.77. The van der Waals surface area contributed by atoms with Gasteiger partial charge in [0.2, 0.25) is 11.8 Å². The van der Waals surface area contributed by atoms with Gasteiger partial charge in [0.15, 0.2) is 5.82 Å². The average Bonchev–Trinajstić information content (AvgIpc) is 3.10. The van der Waals surface area contributed by atoms with E-state index in [1.165, 1.54) is 0 Å². The molecule has 7 nitrogen and oxygen atoms in total. The summed E-state index contributed by atoms with van der Waals surface area (Å²) in [6.07, 6.45) is 0. The van der Waals surface area contributed by atoms with Crippen LogP contribution in [0.4, 0.5) is 0 Å². The lowest BCUT2D eigenvalue weighted by atomic mass is 9.83. The molecule has 0 aromatic carbocycles. The minimum Gasteiger partial charge on any atom is -0.380 e. The molecule has 2 aliphatic heterocycles. The molecule has 0 radical (unpaired) electrons. The smallest absolute Gasteiger partial charge is 0.248 e. The van der Waals surface area contributed by atoms with Gasteiger partial charge in [0.05, 0.1) is 19.1 Å². The molecule has 0 saturated carbocycles. The Labute approximate surface area is 123 Å². The van der Waals surface area contributed by atoms with Gasteiger partial charge < -0.3 is 18.9 Å². The second kappa shape index (κ2) is 6.11. The zero-order valence-corrected chi connectivity index (χ0v) is 12.4. The molecule has 116 valence electrons. The number of carbonyl (C=O) groups is 1. The first kappa shape index (κ1) is 14.5. The van der Waals surface area contributed by atoms with Gasteiger partial charge in [-0.25, -0.2) is 0 Å². The summed E-state index contributed by atoms with van der Waals surface area (Å²) in [5, 5.41) is 3.86. The number of hydrogen-bond donors (Lipinski definition) is 0. The van der Waals surface area contributed by atoms with E-state index in [1.54, 1.807) is 6.92 Å². The van der Waals surface area contributed by atoms with Crippen molar-refractivity contribution in [3.63, 3.8) is 0 Å². The van der Waals surface area contributed by atoms with Crippen LogP contribution in [0.25, 0.3) is 0 Å². The molecule has 0 spiro atoms. The lowest BCUT2D eigenvalue weighted by molar-refractivity contribution is -0.135. The maximum absolute atomic E-state index is 12.1. The number of carbonyl (C=O) groups excluding carboxylic acids is 1. The first-order chi connectivity index (χ1) is 10.2. The number of fused-ring (bicyclic) bond motifs is 1. The minimum absolute atomic E-state index is 0.0479. The molecule has 1 aromatic rings. The Morgan fingerprint density at radius 3 is 3.00 bits per heavy atom. The molecule has 2 fully saturated rings. The lowest BCUT2D eigenvalue weighted by Crippen LogP contribution is -2.33. The van der Waals surface area contributed by atoms with E-state index in [2.05, 4.69) is 10.1 Å². The van der Waals surface area contributed by atoms with Crippen LogP contribution >= 0.6 is 0 Å². The summed E-state index contributed by atoms with van der Waals surface area (Å²) in [4.78, 5) is 18.3. The van der Waals surface area contributed by atoms with Crippen molar-refractivity contribution in [3.05, 3.63) is 11.7 Å². The molecular formula is C14H21N3O4. The van der Waals surface area contributed by atoms with Gasteiger partial charge in [-0.2, -0.15) is 4.98 Å². The Balaban J connectivity index is 1.69. The Morgan fingerprint density at radius 1 is 1.43 bits per heavy atom. The summed E-state index contributed by atoms with van der Waals surface area (Å²) in [6.45, 7) is 7.11. The predicted octanol–water partition coefficient (Wildman–Crippen LogP) is 0.603. The standard InChI is InChI=1S/C14H21N3O4/c1-3-19-8-13(18)17-4-10-6-20-7-12(11(10)5-17)14-15-9(2)16-21-14/h10-12H,3-8H2,1-2H3/t10-,11-,12+/m0/s1. The van der Waals surface area contributed by atoms with E-state index >= 15 is 0 Å². The second-order valence-corrected chi connectivity index (χ2v) is 5.68. The highest BCUT2D eigenvalue weighted by Crippen LogP contribution is 2.39. The fraction of sp³-hybridized carbons (Fsp3) is 0.786. The van der Waals surface area contributed by atoms with Crippen molar-refractivity contribution >= 4 is 5.91 Å². The van der Waals surface area contributed by atoms with Crippen molar-refractivity contribution in [2.75, 3.05) is 39.5 Å². The van der Waals surface area contributed by atoms with Gasteiger partial charge >= 0.3 is 0 Å². The molecule has 0 N–H and O–H groups in total. The minimum atomic E-state index is 0.0479. The maximum atomic E-state index is 12.1. The van der Waals surface area contributed by atoms with Crippen LogP contribution < -0.4 is 0 Å². The lowest BCUT2D eigenvalue weighted by Gasteiger charge is -2.30. The van der Waals surface area contributed by atoms with E-state index < -0.39 is 0 Å². The van der Waals surface area contributed by atoms with E-state index in [1.807, 2.05) is 11.8 Å². The quantitative estimate of drug-likeness (QED) is 0.809. The molecule has 3 atom stereocenters. The molecule has 0 unspecified atom stereocenters. The third-order valence-corrected chi connectivity index (χ3v) is 4.28. The number of nitrogens with zero attached hydrogens (tertiary/aromatic N) is 3. The van der Waals surface area contributed by atoms with E-state index in [0.29, 0.717) is 49.9 Å². The van der Waals surface area contributed by atoms with Crippen LogP contribution in [0, 0.1) is 18.8 Å². The van der Waals surface area contributed by atoms with Crippen molar-refractivity contribution in [2.45, 2.75) is 19.8 Å². The van der Waals surface area contributed by atoms with E-state index in [4.69, 9.17) is 14.0 Å². The van der Waals surface area contributed by atoms with Crippen molar-refractivity contribution in [3.8, 4) is 0 Å². The zero-order chi connectivity index (χ0) is 14.8. The summed E-state index contributed by atoms with van der Waals surface area (Å²) in [7, 11) is 0. The Bertz CT molecular complexity index is 504. The zero-order valence-electron chi connectivity index (χ0n) is 12.4. The molecular weight excluding hydrogens is 274 g/mol. The van der Waals surface area contributed by atoms with E-state index in [0.717, 1.165) is 6.54 Å². The summed E-state index contributed by atoms with van der Waals surface area (Å²) in [6, 6.07) is 0. The second-order valence-electron chi connectivity index (χ2n) is 5.68. The van der Waals surface area contributed by atoms with Crippen molar-refractivity contribution in [1.82, 2.24) is 15.0 Å². The number of ether oxygens (including phenoxy) is 2. The van der Waals surface area contributed by atoms with Crippen LogP contribution in [0.5, 0.6) is 0 Å². The van der Waals surface area contributed by atoms with Crippen LogP contribution in [0.1, 0.15) is 24.6 Å². The van der Waals surface area contributed by atoms with Gasteiger partial charge in [0, 0.05) is 25.6 Å². The van der Waals surface area contributed by atoms with Crippen molar-refractivity contribution < 1.29 is 18.8 Å². The molecule has 1 aromatic heterocycles. The van der Waals surface area contributed by atoms with Gasteiger partial charge in [-0.05, 0) is 19.8 Å². The highest BCUT2D eigenvalue weighted by Gasteiger charge is 2.44. The summed E-state index contributed by atoms with van der Waals surface area (Å²) in [5.41, 5.74) is 0. The topological polar surface area (TPSA) is 77.7 Å². The molecule has 0 bridgehead atoms. The Kier molecular flexibility index (Phi) is 4.21. The fourth-order valence-electron chi connectivity index (χ4n) is 3.20. The van der Waals surface area contributed by atoms with Crippen LogP contribution in [0.15, 0.2) is 4.52 Å². The fourth-order valence-corrected chi connectivity index (χ4v) is 3.20. The molecule has 21 heavy (non-hydrogen) atoms. The number of aryl methyl sites for hydroxylation is 1. The van der Waals surface area contributed by atoms with Crippen LogP contribution in [-0.4, -0.2) is 60.5 Å². The molecule has 2 aliphatic rings. The highest BCUT2D eigenvalue weighted by atomic mass is 16.5. The molecule has 2 saturated heterocycles. The first-order valence-corrected chi connectivity index (χ1v) is 7.42. The number of hydrogen-bond acceptors (Lipinski definition) is 6. The van der Waals surface area contributed by atoms with Gasteiger partial charge in [-0.3, -0.25) is 4.79 Å². The summed E-state index contributed by atoms with van der Waals surface area (Å²) >= 11 is 0. The number of rotatable bonds is 4. The van der Waals surface area contributed by atoms with E-state index in [-0.39, 0.29) is 18.4 Å². The van der Waals surface area contributed by atoms with Gasteiger partial charge in [-0.1, -0.05) is 5.16 Å². The van der Waals surface area contributed by atoms with Gasteiger partial charge in [0.1, 0.15) is 6.61 Å². The molecule has 3 rings (SSSR count). The average molecular weight is 295 g/mol. The third-order valence-electron chi connectivity index (χ3n) is 4.28. The predicted molar refractivity (Wildman–Crippen MR) is 72.6 cm³/mol. The summed E-state index contributed by atoms with van der Waals surface area (Å²) < 4.78 is 16.2. The summed E-state index contributed by atoms with van der Waals surface area (Å²) in [5.74, 6) is 2.04. The number of aromatic nitrogens is 2. The van der Waals surface area contributed by atoms with Crippen LogP contribution in [0.3, 0.4) is 0 Å². The SMILES string of the molecule is CCOCC(=O)N1C[C@H]2COC[C@@H](c3nc(C)no3)[C@H]2C1. The largest absolute Gasteiger partial charge is 0.380 e. The van der Waals surface area contributed by atoms with Crippen LogP contribution in [0.2, 0.25) is 0 Å². The first-order valence-electron chi connectivity index (χ1n) is 7.42.